The second-order valence-electron chi connectivity index (χ2n) is 7.57. The molecule has 5 nitrogen and oxygen atoms in total. The van der Waals surface area contributed by atoms with Gasteiger partial charge in [-0.1, -0.05) is 42.5 Å². The van der Waals surface area contributed by atoms with E-state index in [-0.39, 0.29) is 18.2 Å². The van der Waals surface area contributed by atoms with Crippen LogP contribution in [-0.2, 0) is 11.0 Å². The van der Waals surface area contributed by atoms with Crippen LogP contribution < -0.4 is 11.1 Å². The summed E-state index contributed by atoms with van der Waals surface area (Å²) in [5, 5.41) is 2.62. The molecular weight excluding hydrogens is 395 g/mol. The van der Waals surface area contributed by atoms with Crippen LogP contribution in [0.5, 0.6) is 0 Å². The van der Waals surface area contributed by atoms with Crippen LogP contribution in [0, 0.1) is 6.92 Å². The molecule has 0 radical (unpaired) electrons. The van der Waals surface area contributed by atoms with Crippen LogP contribution in [0.1, 0.15) is 47.1 Å². The standard InChI is InChI=1S/C22H24F3N3O2/c1-14-5-2-3-8-18(14)19(27-21(26)30)12-20(29)28-10-9-16(13-28)15-6-4-7-17(11-15)22(23,24)25/h2-8,11,16,19H,9-10,12-13H2,1H3,(H3,26,27,30). The molecule has 3 amide bonds. The van der Waals surface area contributed by atoms with Crippen molar-refractivity contribution < 1.29 is 22.8 Å². The minimum atomic E-state index is -4.40. The third-order valence-electron chi connectivity index (χ3n) is 5.49. The van der Waals surface area contributed by atoms with Gasteiger partial charge in [0.1, 0.15) is 0 Å². The Balaban J connectivity index is 1.70. The first-order chi connectivity index (χ1) is 14.1. The summed E-state index contributed by atoms with van der Waals surface area (Å²) >= 11 is 0. The van der Waals surface area contributed by atoms with Gasteiger partial charge in [-0.3, -0.25) is 4.79 Å². The quantitative estimate of drug-likeness (QED) is 0.765. The first-order valence-electron chi connectivity index (χ1n) is 9.71. The zero-order valence-corrected chi connectivity index (χ0v) is 16.6. The zero-order valence-electron chi connectivity index (χ0n) is 16.6. The topological polar surface area (TPSA) is 75.4 Å². The number of alkyl halides is 3. The number of primary amides is 1. The van der Waals surface area contributed by atoms with Crippen LogP contribution in [0.2, 0.25) is 0 Å². The van der Waals surface area contributed by atoms with Crippen LogP contribution in [0.4, 0.5) is 18.0 Å². The van der Waals surface area contributed by atoms with Gasteiger partial charge in [0.25, 0.3) is 0 Å². The molecule has 8 heteroatoms. The van der Waals surface area contributed by atoms with Gasteiger partial charge in [-0.2, -0.15) is 13.2 Å². The minimum Gasteiger partial charge on any atom is -0.352 e. The van der Waals surface area contributed by atoms with Crippen molar-refractivity contribution in [2.24, 2.45) is 5.73 Å². The lowest BCUT2D eigenvalue weighted by Crippen LogP contribution is -2.38. The van der Waals surface area contributed by atoms with Gasteiger partial charge in [0.05, 0.1) is 18.0 Å². The highest BCUT2D eigenvalue weighted by atomic mass is 19.4. The van der Waals surface area contributed by atoms with E-state index in [1.165, 1.54) is 6.07 Å². The highest BCUT2D eigenvalue weighted by molar-refractivity contribution is 5.79. The van der Waals surface area contributed by atoms with Gasteiger partial charge in [0.2, 0.25) is 5.91 Å². The number of amides is 3. The average molecular weight is 419 g/mol. The number of nitrogens with zero attached hydrogens (tertiary/aromatic N) is 1. The molecule has 0 aromatic heterocycles. The number of halogens is 3. The molecule has 3 rings (SSSR count). The van der Waals surface area contributed by atoms with E-state index in [2.05, 4.69) is 5.32 Å². The Kier molecular flexibility index (Phi) is 6.34. The Hall–Kier alpha value is -3.03. The fourth-order valence-corrected chi connectivity index (χ4v) is 3.92. The van der Waals surface area contributed by atoms with Gasteiger partial charge in [0, 0.05) is 19.0 Å². The third kappa shape index (κ3) is 5.11. The van der Waals surface area contributed by atoms with Gasteiger partial charge < -0.3 is 16.0 Å². The number of urea groups is 1. The number of nitrogens with two attached hydrogens (primary N) is 1. The summed E-state index contributed by atoms with van der Waals surface area (Å²) in [6.07, 6.45) is -3.78. The van der Waals surface area contributed by atoms with Gasteiger partial charge >= 0.3 is 12.2 Å². The van der Waals surface area contributed by atoms with E-state index >= 15 is 0 Å². The van der Waals surface area contributed by atoms with E-state index in [4.69, 9.17) is 5.73 Å². The van der Waals surface area contributed by atoms with Crippen LogP contribution >= 0.6 is 0 Å². The number of aryl methyl sites for hydroxylation is 1. The highest BCUT2D eigenvalue weighted by Crippen LogP contribution is 2.34. The first-order valence-corrected chi connectivity index (χ1v) is 9.71. The Morgan fingerprint density at radius 2 is 1.93 bits per heavy atom. The van der Waals surface area contributed by atoms with Crippen LogP contribution in [0.25, 0.3) is 0 Å². The minimum absolute atomic E-state index is 0.0309. The number of rotatable bonds is 5. The van der Waals surface area contributed by atoms with Crippen molar-refractivity contribution in [1.29, 1.82) is 0 Å². The van der Waals surface area contributed by atoms with Crippen LogP contribution in [0.3, 0.4) is 0 Å². The van der Waals surface area contributed by atoms with Crippen molar-refractivity contribution in [1.82, 2.24) is 10.2 Å². The van der Waals surface area contributed by atoms with Crippen molar-refractivity contribution in [3.05, 3.63) is 70.8 Å². The lowest BCUT2D eigenvalue weighted by atomic mass is 9.96. The predicted molar refractivity (Wildman–Crippen MR) is 107 cm³/mol. The van der Waals surface area contributed by atoms with Gasteiger partial charge in [-0.15, -0.1) is 0 Å². The first kappa shape index (κ1) is 21.7. The Bertz CT molecular complexity index is 930. The summed E-state index contributed by atoms with van der Waals surface area (Å²) in [7, 11) is 0. The van der Waals surface area contributed by atoms with E-state index in [1.807, 2.05) is 31.2 Å². The Morgan fingerprint density at radius 1 is 1.20 bits per heavy atom. The summed E-state index contributed by atoms with van der Waals surface area (Å²) in [5.74, 6) is -0.330. The third-order valence-corrected chi connectivity index (χ3v) is 5.49. The number of benzene rings is 2. The van der Waals surface area contributed by atoms with Crippen molar-refractivity contribution >= 4 is 11.9 Å². The predicted octanol–water partition coefficient (Wildman–Crippen LogP) is 4.13. The lowest BCUT2D eigenvalue weighted by Gasteiger charge is -2.23. The molecule has 1 saturated heterocycles. The van der Waals surface area contributed by atoms with E-state index in [0.29, 0.717) is 25.1 Å². The summed E-state index contributed by atoms with van der Waals surface area (Å²) in [4.78, 5) is 26.0. The van der Waals surface area contributed by atoms with Crippen molar-refractivity contribution in [2.45, 2.75) is 37.9 Å². The van der Waals surface area contributed by atoms with Crippen molar-refractivity contribution in [2.75, 3.05) is 13.1 Å². The van der Waals surface area contributed by atoms with Crippen molar-refractivity contribution in [3.63, 3.8) is 0 Å². The monoisotopic (exact) mass is 419 g/mol. The van der Waals surface area contributed by atoms with E-state index in [9.17, 15) is 22.8 Å². The fourth-order valence-electron chi connectivity index (χ4n) is 3.92. The Morgan fingerprint density at radius 3 is 2.60 bits per heavy atom. The van der Waals surface area contributed by atoms with E-state index in [1.54, 1.807) is 11.0 Å². The molecule has 1 fully saturated rings. The van der Waals surface area contributed by atoms with Crippen LogP contribution in [-0.4, -0.2) is 29.9 Å². The summed E-state index contributed by atoms with van der Waals surface area (Å²) in [5.41, 5.74) is 6.91. The van der Waals surface area contributed by atoms with Gasteiger partial charge in [0.15, 0.2) is 0 Å². The molecule has 2 aromatic rings. The molecule has 1 heterocycles. The second-order valence-corrected chi connectivity index (χ2v) is 7.57. The molecule has 0 spiro atoms. The molecule has 1 aliphatic heterocycles. The number of nitrogens with one attached hydrogen (secondary N) is 1. The molecule has 1 aliphatic rings. The van der Waals surface area contributed by atoms with Gasteiger partial charge in [-0.25, -0.2) is 4.79 Å². The molecule has 0 bridgehead atoms. The molecular formula is C22H24F3N3O2. The maximum Gasteiger partial charge on any atom is 0.416 e. The lowest BCUT2D eigenvalue weighted by molar-refractivity contribution is -0.137. The molecule has 2 unspecified atom stereocenters. The molecule has 3 N–H and O–H groups in total. The molecule has 2 aromatic carbocycles. The number of carbonyl (C=O) groups excluding carboxylic acids is 2. The molecule has 160 valence electrons. The van der Waals surface area contributed by atoms with Crippen LogP contribution in [0.15, 0.2) is 48.5 Å². The van der Waals surface area contributed by atoms with Crippen molar-refractivity contribution in [3.8, 4) is 0 Å². The molecule has 0 aliphatic carbocycles. The molecule has 0 saturated carbocycles. The number of carbonyl (C=O) groups is 2. The van der Waals surface area contributed by atoms with E-state index in [0.717, 1.165) is 23.3 Å². The maximum absolute atomic E-state index is 13.0. The normalized spacial score (nSPS) is 17.6. The smallest absolute Gasteiger partial charge is 0.352 e. The molecule has 30 heavy (non-hydrogen) atoms. The van der Waals surface area contributed by atoms with Gasteiger partial charge in [-0.05, 0) is 36.1 Å². The summed E-state index contributed by atoms with van der Waals surface area (Å²) in [6.45, 7) is 2.68. The average Bonchev–Trinajstić information content (AvgIpc) is 3.17. The summed E-state index contributed by atoms with van der Waals surface area (Å²) in [6, 6.07) is 11.4. The van der Waals surface area contributed by atoms with E-state index < -0.39 is 23.8 Å². The Labute approximate surface area is 173 Å². The SMILES string of the molecule is Cc1ccccc1C(CC(=O)N1CCC(c2cccc(C(F)(F)F)c2)C1)NC(N)=O. The number of likely N-dealkylation sites (tertiary alicyclic amines) is 1. The zero-order chi connectivity index (χ0) is 21.9. The highest BCUT2D eigenvalue weighted by Gasteiger charge is 2.33. The number of hydrogen-bond donors (Lipinski definition) is 2. The number of hydrogen-bond acceptors (Lipinski definition) is 2. The summed E-state index contributed by atoms with van der Waals surface area (Å²) < 4.78 is 39.0. The fraction of sp³-hybridized carbons (Fsp3) is 0.364. The maximum atomic E-state index is 13.0. The second kappa shape index (κ2) is 8.77. The molecule has 2 atom stereocenters. The largest absolute Gasteiger partial charge is 0.416 e.